The molecule has 1 aliphatic rings. The van der Waals surface area contributed by atoms with Crippen molar-refractivity contribution in [2.75, 3.05) is 0 Å². The van der Waals surface area contributed by atoms with E-state index in [2.05, 4.69) is 35.9 Å². The molecule has 1 aromatic rings. The van der Waals surface area contributed by atoms with E-state index in [1.165, 1.54) is 5.56 Å². The lowest BCUT2D eigenvalue weighted by molar-refractivity contribution is -0.113. The van der Waals surface area contributed by atoms with E-state index in [0.29, 0.717) is 15.0 Å². The summed E-state index contributed by atoms with van der Waals surface area (Å²) in [5.41, 5.74) is 2.34. The van der Waals surface area contributed by atoms with Crippen molar-refractivity contribution in [1.29, 1.82) is 0 Å². The first kappa shape index (κ1) is 12.7. The van der Waals surface area contributed by atoms with E-state index in [1.54, 1.807) is 6.08 Å². The molecule has 0 N–H and O–H groups in total. The molecule has 0 spiro atoms. The fraction of sp³-hybridized carbons (Fsp3) is 0.0625. The molecule has 0 aliphatic heterocycles. The molecule has 1 atom stereocenters. The van der Waals surface area contributed by atoms with Gasteiger partial charge in [0.1, 0.15) is 0 Å². The maximum atomic E-state index is 11.0. The first-order chi connectivity index (χ1) is 8.84. The van der Waals surface area contributed by atoms with Crippen LogP contribution in [0.2, 0.25) is 0 Å². The number of allylic oxidation sites excluding steroid dienone is 5. The van der Waals surface area contributed by atoms with E-state index >= 15 is 0 Å². The van der Waals surface area contributed by atoms with Gasteiger partial charge in [-0.1, -0.05) is 74.9 Å². The number of rotatable bonds is 4. The average molecular weight is 254 g/mol. The predicted octanol–water partition coefficient (Wildman–Crippen LogP) is 4.30. The zero-order valence-electron chi connectivity index (χ0n) is 10.0. The fourth-order valence-electron chi connectivity index (χ4n) is 1.58. The Kier molecular flexibility index (Phi) is 4.87. The minimum Gasteiger partial charge on any atom is -0.295 e. The molecule has 0 saturated heterocycles. The van der Waals surface area contributed by atoms with Crippen LogP contribution in [0.15, 0.2) is 71.8 Å². The van der Waals surface area contributed by atoms with E-state index < -0.39 is 0 Å². The highest BCUT2D eigenvalue weighted by Gasteiger charge is 1.99. The summed E-state index contributed by atoms with van der Waals surface area (Å²) in [5.74, 6) is 4.47. The van der Waals surface area contributed by atoms with Crippen LogP contribution in [-0.2, 0) is 4.79 Å². The van der Waals surface area contributed by atoms with Gasteiger partial charge in [-0.25, -0.2) is 0 Å². The van der Waals surface area contributed by atoms with Gasteiger partial charge in [0.2, 0.25) is 0 Å². The van der Waals surface area contributed by atoms with Crippen LogP contribution >= 0.6 is 8.58 Å². The van der Waals surface area contributed by atoms with Crippen molar-refractivity contribution in [3.05, 3.63) is 77.4 Å². The van der Waals surface area contributed by atoms with Crippen molar-refractivity contribution in [2.24, 2.45) is 0 Å². The van der Waals surface area contributed by atoms with Crippen molar-refractivity contribution in [3.63, 3.8) is 0 Å². The molecule has 90 valence electrons. The second-order valence-electron chi connectivity index (χ2n) is 3.95. The van der Waals surface area contributed by atoms with Crippen molar-refractivity contribution in [1.82, 2.24) is 0 Å². The molecule has 1 unspecified atom stereocenters. The van der Waals surface area contributed by atoms with E-state index in [0.717, 1.165) is 5.57 Å². The van der Waals surface area contributed by atoms with Crippen molar-refractivity contribution < 1.29 is 4.79 Å². The summed E-state index contributed by atoms with van der Waals surface area (Å²) in [7, 11) is 0.655. The third-order valence-corrected chi connectivity index (χ3v) is 3.26. The highest BCUT2D eigenvalue weighted by molar-refractivity contribution is 7.45. The van der Waals surface area contributed by atoms with Gasteiger partial charge in [0.15, 0.2) is 5.78 Å². The molecule has 1 nitrogen and oxygen atoms in total. The average Bonchev–Trinajstić information content (AvgIpc) is 2.42. The summed E-state index contributed by atoms with van der Waals surface area (Å²) in [6, 6.07) is 10.3. The van der Waals surface area contributed by atoms with Crippen LogP contribution < -0.4 is 0 Å². The normalized spacial score (nSPS) is 16.2. The molecule has 0 heterocycles. The summed E-state index contributed by atoms with van der Waals surface area (Å²) >= 11 is 0. The molecule has 0 radical (unpaired) electrons. The van der Waals surface area contributed by atoms with Gasteiger partial charge in [-0.3, -0.25) is 4.79 Å². The van der Waals surface area contributed by atoms with Gasteiger partial charge in [-0.2, -0.15) is 0 Å². The molecule has 0 amide bonds. The van der Waals surface area contributed by atoms with Crippen LogP contribution in [0.5, 0.6) is 0 Å². The molecule has 0 bridgehead atoms. The summed E-state index contributed by atoms with van der Waals surface area (Å²) < 4.78 is 0. The maximum absolute atomic E-state index is 11.0. The Morgan fingerprint density at radius 3 is 2.50 bits per heavy atom. The lowest BCUT2D eigenvalue weighted by Crippen LogP contribution is -1.94. The highest BCUT2D eigenvalue weighted by Crippen LogP contribution is 2.18. The first-order valence-corrected chi connectivity index (χ1v) is 7.05. The number of carbonyl (C=O) groups is 1. The van der Waals surface area contributed by atoms with Crippen molar-refractivity contribution in [2.45, 2.75) is 6.42 Å². The van der Waals surface area contributed by atoms with Crippen LogP contribution in [0, 0.1) is 0 Å². The molecule has 2 rings (SSSR count). The van der Waals surface area contributed by atoms with Gasteiger partial charge in [0.25, 0.3) is 0 Å². The molecule has 2 heteroatoms. The van der Waals surface area contributed by atoms with E-state index in [4.69, 9.17) is 0 Å². The van der Waals surface area contributed by atoms with Crippen LogP contribution in [0.1, 0.15) is 12.0 Å². The van der Waals surface area contributed by atoms with Gasteiger partial charge in [-0.15, -0.1) is 0 Å². The van der Waals surface area contributed by atoms with Crippen LogP contribution in [0.25, 0.3) is 6.08 Å². The summed E-state index contributed by atoms with van der Waals surface area (Å²) in [5, 5.41) is 0. The van der Waals surface area contributed by atoms with E-state index in [-0.39, 0.29) is 5.78 Å². The number of benzene rings is 1. The van der Waals surface area contributed by atoms with Crippen LogP contribution in [0.3, 0.4) is 0 Å². The van der Waals surface area contributed by atoms with Gasteiger partial charge in [-0.05, 0) is 17.2 Å². The topological polar surface area (TPSA) is 17.1 Å². The maximum Gasteiger partial charge on any atom is 0.159 e. The molecule has 1 aliphatic carbocycles. The Bertz CT molecular complexity index is 521. The molecule has 1 aromatic carbocycles. The first-order valence-electron chi connectivity index (χ1n) is 5.90. The Hall–Kier alpha value is -1.72. The summed E-state index contributed by atoms with van der Waals surface area (Å²) in [4.78, 5) is 11.0. The largest absolute Gasteiger partial charge is 0.295 e. The summed E-state index contributed by atoms with van der Waals surface area (Å²) in [6.07, 6.45) is 10.2. The SMILES string of the molecule is O=C1C=CC(C=CPC=Cc2ccccc2)=CC1. The Balaban J connectivity index is 1.81. The molecular weight excluding hydrogens is 239 g/mol. The molecular formula is C16H15OP. The molecule has 0 aromatic heterocycles. The lowest BCUT2D eigenvalue weighted by atomic mass is 10.1. The van der Waals surface area contributed by atoms with Crippen molar-refractivity contribution >= 4 is 20.4 Å². The lowest BCUT2D eigenvalue weighted by Gasteiger charge is -1.99. The monoisotopic (exact) mass is 254 g/mol. The third-order valence-electron chi connectivity index (χ3n) is 2.54. The standard InChI is InChI=1S/C16H15OP/c17-16-8-6-15(7-9-16)11-13-18-12-10-14-4-2-1-3-5-14/h1-8,10-13,18H,9H2. The predicted molar refractivity (Wildman–Crippen MR) is 79.8 cm³/mol. The minimum absolute atomic E-state index is 0.179. The zero-order valence-corrected chi connectivity index (χ0v) is 11.0. The fourth-order valence-corrected chi connectivity index (χ4v) is 2.26. The number of hydrogen-bond acceptors (Lipinski definition) is 1. The minimum atomic E-state index is 0.179. The smallest absolute Gasteiger partial charge is 0.159 e. The van der Waals surface area contributed by atoms with Crippen molar-refractivity contribution in [3.8, 4) is 0 Å². The number of carbonyl (C=O) groups excluding carboxylic acids is 1. The Labute approximate surface area is 109 Å². The second-order valence-corrected chi connectivity index (χ2v) is 4.95. The highest BCUT2D eigenvalue weighted by atomic mass is 31.1. The van der Waals surface area contributed by atoms with E-state index in [1.807, 2.05) is 30.4 Å². The quantitative estimate of drug-likeness (QED) is 0.732. The number of ketones is 1. The third kappa shape index (κ3) is 4.27. The number of hydrogen-bond donors (Lipinski definition) is 0. The second kappa shape index (κ2) is 6.88. The zero-order chi connectivity index (χ0) is 12.6. The van der Waals surface area contributed by atoms with Gasteiger partial charge in [0.05, 0.1) is 0 Å². The van der Waals surface area contributed by atoms with E-state index in [9.17, 15) is 4.79 Å². The van der Waals surface area contributed by atoms with Crippen LogP contribution in [-0.4, -0.2) is 5.78 Å². The Morgan fingerprint density at radius 1 is 1.00 bits per heavy atom. The Morgan fingerprint density at radius 2 is 1.78 bits per heavy atom. The molecule has 18 heavy (non-hydrogen) atoms. The molecule has 0 saturated carbocycles. The van der Waals surface area contributed by atoms with Crippen LogP contribution in [0.4, 0.5) is 0 Å². The van der Waals surface area contributed by atoms with Gasteiger partial charge in [0, 0.05) is 6.42 Å². The van der Waals surface area contributed by atoms with Gasteiger partial charge < -0.3 is 0 Å². The molecule has 0 fully saturated rings. The summed E-state index contributed by atoms with van der Waals surface area (Å²) in [6.45, 7) is 0. The van der Waals surface area contributed by atoms with Gasteiger partial charge >= 0.3 is 0 Å².